The molecule has 2 aromatic heterocycles. The van der Waals surface area contributed by atoms with E-state index in [9.17, 15) is 4.79 Å². The Balaban J connectivity index is 1.89. The largest absolute Gasteiger partial charge is 0.461 e. The summed E-state index contributed by atoms with van der Waals surface area (Å²) in [5.74, 6) is 0.902. The summed E-state index contributed by atoms with van der Waals surface area (Å²) in [4.78, 5) is 16.0. The number of esters is 1. The minimum atomic E-state index is -0.428. The molecule has 106 valence electrons. The number of carbonyl (C=O) groups is 1. The number of aromatic nitrogens is 5. The van der Waals surface area contributed by atoms with E-state index in [0.29, 0.717) is 36.5 Å². The van der Waals surface area contributed by atoms with E-state index in [2.05, 4.69) is 20.5 Å². The molecular formula is C12H15N5O3. The van der Waals surface area contributed by atoms with Gasteiger partial charge in [0.15, 0.2) is 11.5 Å². The van der Waals surface area contributed by atoms with Crippen LogP contribution in [0.2, 0.25) is 0 Å². The summed E-state index contributed by atoms with van der Waals surface area (Å²) in [6, 6.07) is 0. The number of hydrogen-bond donors (Lipinski definition) is 0. The molecule has 0 amide bonds. The monoisotopic (exact) mass is 277 g/mol. The SMILES string of the molecule is CCOC(=O)c1nnn(Cc2nc(C)no2)c1C1CC1. The third kappa shape index (κ3) is 2.40. The van der Waals surface area contributed by atoms with Crippen LogP contribution in [0.25, 0.3) is 0 Å². The van der Waals surface area contributed by atoms with Crippen molar-refractivity contribution in [2.24, 2.45) is 0 Å². The Labute approximate surface area is 115 Å². The molecule has 1 fully saturated rings. The molecular weight excluding hydrogens is 262 g/mol. The van der Waals surface area contributed by atoms with Gasteiger partial charge < -0.3 is 9.26 Å². The van der Waals surface area contributed by atoms with Gasteiger partial charge in [-0.2, -0.15) is 4.98 Å². The molecule has 0 radical (unpaired) electrons. The van der Waals surface area contributed by atoms with Crippen LogP contribution in [0.5, 0.6) is 0 Å². The Morgan fingerprint density at radius 2 is 2.30 bits per heavy atom. The van der Waals surface area contributed by atoms with Crippen molar-refractivity contribution in [3.63, 3.8) is 0 Å². The average molecular weight is 277 g/mol. The lowest BCUT2D eigenvalue weighted by Crippen LogP contribution is -2.11. The van der Waals surface area contributed by atoms with E-state index in [1.807, 2.05) is 0 Å². The molecule has 0 aromatic carbocycles. The lowest BCUT2D eigenvalue weighted by Gasteiger charge is -2.04. The summed E-state index contributed by atoms with van der Waals surface area (Å²) in [6.07, 6.45) is 2.06. The van der Waals surface area contributed by atoms with Gasteiger partial charge in [-0.3, -0.25) is 0 Å². The third-order valence-electron chi connectivity index (χ3n) is 3.06. The zero-order valence-electron chi connectivity index (χ0n) is 11.4. The zero-order chi connectivity index (χ0) is 14.1. The molecule has 2 aromatic rings. The average Bonchev–Trinajstić information content (AvgIpc) is 3.05. The summed E-state index contributed by atoms with van der Waals surface area (Å²) < 4.78 is 11.7. The van der Waals surface area contributed by atoms with Gasteiger partial charge in [0.05, 0.1) is 12.3 Å². The maximum Gasteiger partial charge on any atom is 0.360 e. The smallest absolute Gasteiger partial charge is 0.360 e. The van der Waals surface area contributed by atoms with Crippen molar-refractivity contribution in [1.82, 2.24) is 25.1 Å². The van der Waals surface area contributed by atoms with E-state index in [4.69, 9.17) is 9.26 Å². The minimum Gasteiger partial charge on any atom is -0.461 e. The summed E-state index contributed by atoms with van der Waals surface area (Å²) in [5.41, 5.74) is 1.10. The molecule has 0 spiro atoms. The van der Waals surface area contributed by atoms with Crippen LogP contribution >= 0.6 is 0 Å². The molecule has 0 aliphatic heterocycles. The maximum absolute atomic E-state index is 11.9. The lowest BCUT2D eigenvalue weighted by molar-refractivity contribution is 0.0518. The van der Waals surface area contributed by atoms with Gasteiger partial charge in [-0.1, -0.05) is 10.4 Å². The van der Waals surface area contributed by atoms with Crippen molar-refractivity contribution < 1.29 is 14.1 Å². The van der Waals surface area contributed by atoms with E-state index in [0.717, 1.165) is 18.5 Å². The number of nitrogens with zero attached hydrogens (tertiary/aromatic N) is 5. The second kappa shape index (κ2) is 5.03. The first-order chi connectivity index (χ1) is 9.69. The molecule has 1 aliphatic carbocycles. The third-order valence-corrected chi connectivity index (χ3v) is 3.06. The standard InChI is InChI=1S/C12H15N5O3/c1-3-19-12(18)10-11(8-4-5-8)17(16-14-10)6-9-13-7(2)15-20-9/h8H,3-6H2,1-2H3. The fourth-order valence-electron chi connectivity index (χ4n) is 2.08. The summed E-state index contributed by atoms with van der Waals surface area (Å²) in [7, 11) is 0. The fourth-order valence-corrected chi connectivity index (χ4v) is 2.08. The van der Waals surface area contributed by atoms with Crippen LogP contribution in [0, 0.1) is 6.92 Å². The first kappa shape index (κ1) is 12.8. The van der Waals surface area contributed by atoms with Crippen LogP contribution in [0.3, 0.4) is 0 Å². The highest BCUT2D eigenvalue weighted by molar-refractivity contribution is 5.88. The van der Waals surface area contributed by atoms with Crippen molar-refractivity contribution in [1.29, 1.82) is 0 Å². The first-order valence-corrected chi connectivity index (χ1v) is 6.58. The van der Waals surface area contributed by atoms with E-state index in [1.54, 1.807) is 18.5 Å². The Hall–Kier alpha value is -2.25. The number of hydrogen-bond acceptors (Lipinski definition) is 7. The van der Waals surface area contributed by atoms with Crippen molar-refractivity contribution in [2.75, 3.05) is 6.61 Å². The molecule has 8 heteroatoms. The van der Waals surface area contributed by atoms with Gasteiger partial charge in [-0.25, -0.2) is 9.48 Å². The normalized spacial score (nSPS) is 14.5. The molecule has 0 N–H and O–H groups in total. The van der Waals surface area contributed by atoms with E-state index in [1.165, 1.54) is 0 Å². The Morgan fingerprint density at radius 3 is 2.90 bits per heavy atom. The number of ether oxygens (including phenoxy) is 1. The molecule has 0 bridgehead atoms. The molecule has 0 atom stereocenters. The van der Waals surface area contributed by atoms with Crippen LogP contribution in [0.1, 0.15) is 53.6 Å². The summed E-state index contributed by atoms with van der Waals surface area (Å²) in [5, 5.41) is 11.7. The maximum atomic E-state index is 11.9. The molecule has 20 heavy (non-hydrogen) atoms. The highest BCUT2D eigenvalue weighted by Gasteiger charge is 2.34. The Kier molecular flexibility index (Phi) is 3.21. The van der Waals surface area contributed by atoms with Crippen LogP contribution in [0.15, 0.2) is 4.52 Å². The van der Waals surface area contributed by atoms with E-state index < -0.39 is 5.97 Å². The van der Waals surface area contributed by atoms with Crippen LogP contribution < -0.4 is 0 Å². The predicted molar refractivity (Wildman–Crippen MR) is 66.1 cm³/mol. The summed E-state index contributed by atoms with van der Waals surface area (Å²) in [6.45, 7) is 4.15. The first-order valence-electron chi connectivity index (χ1n) is 6.58. The highest BCUT2D eigenvalue weighted by atomic mass is 16.5. The Morgan fingerprint density at radius 1 is 1.50 bits per heavy atom. The number of aryl methyl sites for hydroxylation is 1. The summed E-state index contributed by atoms with van der Waals surface area (Å²) >= 11 is 0. The lowest BCUT2D eigenvalue weighted by atomic mass is 10.2. The highest BCUT2D eigenvalue weighted by Crippen LogP contribution is 2.41. The van der Waals surface area contributed by atoms with Gasteiger partial charge in [-0.15, -0.1) is 5.10 Å². The van der Waals surface area contributed by atoms with Crippen molar-refractivity contribution >= 4 is 5.97 Å². The Bertz CT molecular complexity index is 629. The molecule has 1 saturated carbocycles. The minimum absolute atomic E-state index is 0.297. The van der Waals surface area contributed by atoms with Crippen LogP contribution in [0.4, 0.5) is 0 Å². The van der Waals surface area contributed by atoms with Crippen molar-refractivity contribution in [3.8, 4) is 0 Å². The van der Waals surface area contributed by atoms with E-state index >= 15 is 0 Å². The second-order valence-electron chi connectivity index (χ2n) is 4.71. The molecule has 0 unspecified atom stereocenters. The predicted octanol–water partition coefficient (Wildman–Crippen LogP) is 1.07. The fraction of sp³-hybridized carbons (Fsp3) is 0.583. The molecule has 0 saturated heterocycles. The zero-order valence-corrected chi connectivity index (χ0v) is 11.4. The van der Waals surface area contributed by atoms with Gasteiger partial charge in [-0.05, 0) is 26.7 Å². The molecule has 1 aliphatic rings. The second-order valence-corrected chi connectivity index (χ2v) is 4.71. The number of carbonyl (C=O) groups excluding carboxylic acids is 1. The molecule has 8 nitrogen and oxygen atoms in total. The topological polar surface area (TPSA) is 95.9 Å². The van der Waals surface area contributed by atoms with Gasteiger partial charge in [0.1, 0.15) is 6.54 Å². The van der Waals surface area contributed by atoms with Gasteiger partial charge in [0.2, 0.25) is 5.89 Å². The van der Waals surface area contributed by atoms with Crippen molar-refractivity contribution in [2.45, 2.75) is 39.2 Å². The quantitative estimate of drug-likeness (QED) is 0.754. The molecule has 2 heterocycles. The van der Waals surface area contributed by atoms with Crippen molar-refractivity contribution in [3.05, 3.63) is 23.1 Å². The van der Waals surface area contributed by atoms with Gasteiger partial charge >= 0.3 is 5.97 Å². The van der Waals surface area contributed by atoms with Gasteiger partial charge in [0, 0.05) is 5.92 Å². The van der Waals surface area contributed by atoms with Crippen LogP contribution in [-0.2, 0) is 11.3 Å². The van der Waals surface area contributed by atoms with E-state index in [-0.39, 0.29) is 0 Å². The molecule has 3 rings (SSSR count). The van der Waals surface area contributed by atoms with Gasteiger partial charge in [0.25, 0.3) is 0 Å². The van der Waals surface area contributed by atoms with Crippen LogP contribution in [-0.4, -0.2) is 37.7 Å². The number of rotatable bonds is 5.